The first kappa shape index (κ1) is 25.3. The molecule has 3 N–H and O–H groups in total. The van der Waals surface area contributed by atoms with Crippen molar-refractivity contribution in [3.8, 4) is 5.75 Å². The molecule has 2 atom stereocenters. The first-order valence-electron chi connectivity index (χ1n) is 11.1. The smallest absolute Gasteiger partial charge is 0.241 e. The van der Waals surface area contributed by atoms with Gasteiger partial charge in [-0.15, -0.1) is 0 Å². The minimum atomic E-state index is -4.00. The molecular weight excluding hydrogens is 488 g/mol. The van der Waals surface area contributed by atoms with Crippen LogP contribution in [0.25, 0.3) is 0 Å². The lowest BCUT2D eigenvalue weighted by Gasteiger charge is -2.42. The molecule has 3 aromatic rings. The maximum atomic E-state index is 13.1. The average molecular weight is 515 g/mol. The van der Waals surface area contributed by atoms with E-state index in [1.165, 1.54) is 24.3 Å². The third kappa shape index (κ3) is 5.74. The Bertz CT molecular complexity index is 1310. The van der Waals surface area contributed by atoms with Gasteiger partial charge in [0.1, 0.15) is 17.5 Å². The molecule has 0 fully saturated rings. The van der Waals surface area contributed by atoms with Gasteiger partial charge >= 0.3 is 0 Å². The summed E-state index contributed by atoms with van der Waals surface area (Å²) in [6, 6.07) is 19.3. The molecule has 0 bridgehead atoms. The van der Waals surface area contributed by atoms with E-state index in [1.54, 1.807) is 32.0 Å². The van der Waals surface area contributed by atoms with Gasteiger partial charge in [-0.3, -0.25) is 4.79 Å². The highest BCUT2D eigenvalue weighted by molar-refractivity contribution is 7.89. The van der Waals surface area contributed by atoms with Gasteiger partial charge in [0.25, 0.3) is 0 Å². The van der Waals surface area contributed by atoms with Crippen LogP contribution in [0.5, 0.6) is 5.75 Å². The quantitative estimate of drug-likeness (QED) is 0.394. The zero-order valence-electron chi connectivity index (χ0n) is 19.4. The van der Waals surface area contributed by atoms with Crippen LogP contribution in [0.15, 0.2) is 77.7 Å². The molecule has 0 saturated carbocycles. The van der Waals surface area contributed by atoms with Crippen molar-refractivity contribution in [2.75, 3.05) is 6.54 Å². The van der Waals surface area contributed by atoms with Crippen LogP contribution in [0.4, 0.5) is 0 Å². The summed E-state index contributed by atoms with van der Waals surface area (Å²) in [6.07, 6.45) is -1.21. The van der Waals surface area contributed by atoms with Gasteiger partial charge in [-0.1, -0.05) is 41.9 Å². The van der Waals surface area contributed by atoms with Crippen LogP contribution in [-0.4, -0.2) is 37.6 Å². The van der Waals surface area contributed by atoms with Crippen LogP contribution in [0.3, 0.4) is 0 Å². The standard InChI is InChI=1S/C26H27ClN2O5S/c1-26(2)25(31)24(29-35(32,33)20-11-9-19(27)10-12-20)21-14-18(8-13-23(21)34-26)22(30)16-28-15-17-6-4-3-5-7-17/h3-14,24-25,28-29,31H,15-16H2,1-2H3. The van der Waals surface area contributed by atoms with Crippen molar-refractivity contribution in [2.45, 2.75) is 43.0 Å². The minimum Gasteiger partial charge on any atom is -0.485 e. The second-order valence-electron chi connectivity index (χ2n) is 8.97. The fourth-order valence-electron chi connectivity index (χ4n) is 3.97. The van der Waals surface area contributed by atoms with Gasteiger partial charge in [-0.25, -0.2) is 13.1 Å². The summed E-state index contributed by atoms with van der Waals surface area (Å²) in [4.78, 5) is 12.9. The fraction of sp³-hybridized carbons (Fsp3) is 0.269. The monoisotopic (exact) mass is 514 g/mol. The van der Waals surface area contributed by atoms with Gasteiger partial charge < -0.3 is 15.2 Å². The molecule has 0 aliphatic carbocycles. The lowest BCUT2D eigenvalue weighted by atomic mass is 9.86. The zero-order valence-corrected chi connectivity index (χ0v) is 20.9. The number of hydrogen-bond donors (Lipinski definition) is 3. The number of sulfonamides is 1. The Balaban J connectivity index is 1.58. The second-order valence-corrected chi connectivity index (χ2v) is 11.1. The van der Waals surface area contributed by atoms with Crippen LogP contribution < -0.4 is 14.8 Å². The number of rotatable bonds is 8. The molecule has 1 heterocycles. The molecule has 1 aliphatic rings. The van der Waals surface area contributed by atoms with E-state index in [4.69, 9.17) is 16.3 Å². The summed E-state index contributed by atoms with van der Waals surface area (Å²) < 4.78 is 34.7. The highest BCUT2D eigenvalue weighted by Crippen LogP contribution is 2.41. The summed E-state index contributed by atoms with van der Waals surface area (Å²) >= 11 is 5.89. The van der Waals surface area contributed by atoms with E-state index in [0.29, 0.717) is 28.4 Å². The summed E-state index contributed by atoms with van der Waals surface area (Å²) in [5.41, 5.74) is 0.767. The molecule has 0 aromatic heterocycles. The fourth-order valence-corrected chi connectivity index (χ4v) is 5.31. The van der Waals surface area contributed by atoms with Crippen molar-refractivity contribution in [1.29, 1.82) is 0 Å². The number of aliphatic hydroxyl groups is 1. The van der Waals surface area contributed by atoms with E-state index in [1.807, 2.05) is 30.3 Å². The Hall–Kier alpha value is -2.75. The molecular formula is C26H27ClN2O5S. The van der Waals surface area contributed by atoms with Crippen molar-refractivity contribution in [2.24, 2.45) is 0 Å². The van der Waals surface area contributed by atoms with Crippen LogP contribution in [0.1, 0.15) is 41.4 Å². The van der Waals surface area contributed by atoms with Crippen LogP contribution in [0, 0.1) is 0 Å². The molecule has 9 heteroatoms. The van der Waals surface area contributed by atoms with E-state index in [2.05, 4.69) is 10.0 Å². The first-order chi connectivity index (χ1) is 16.6. The van der Waals surface area contributed by atoms with Crippen LogP contribution >= 0.6 is 11.6 Å². The Kier molecular flexibility index (Phi) is 7.30. The number of nitrogens with one attached hydrogen (secondary N) is 2. The van der Waals surface area contributed by atoms with E-state index < -0.39 is 27.8 Å². The Morgan fingerprint density at radius 1 is 1.06 bits per heavy atom. The molecule has 0 spiro atoms. The Morgan fingerprint density at radius 3 is 2.43 bits per heavy atom. The van der Waals surface area contributed by atoms with Gasteiger partial charge in [0.15, 0.2) is 5.78 Å². The van der Waals surface area contributed by atoms with Crippen molar-refractivity contribution in [3.63, 3.8) is 0 Å². The third-order valence-electron chi connectivity index (χ3n) is 5.93. The summed E-state index contributed by atoms with van der Waals surface area (Å²) in [6.45, 7) is 3.99. The highest BCUT2D eigenvalue weighted by atomic mass is 35.5. The largest absolute Gasteiger partial charge is 0.485 e. The number of hydrogen-bond acceptors (Lipinski definition) is 6. The Morgan fingerprint density at radius 2 is 1.74 bits per heavy atom. The van der Waals surface area contributed by atoms with Gasteiger partial charge in [0.05, 0.1) is 17.5 Å². The zero-order chi connectivity index (χ0) is 25.2. The maximum Gasteiger partial charge on any atom is 0.241 e. The van der Waals surface area contributed by atoms with Crippen LogP contribution in [0.2, 0.25) is 5.02 Å². The van der Waals surface area contributed by atoms with Crippen molar-refractivity contribution in [3.05, 3.63) is 94.5 Å². The third-order valence-corrected chi connectivity index (χ3v) is 7.64. The lowest BCUT2D eigenvalue weighted by Crippen LogP contribution is -2.53. The summed E-state index contributed by atoms with van der Waals surface area (Å²) in [5, 5.41) is 14.6. The van der Waals surface area contributed by atoms with E-state index >= 15 is 0 Å². The number of benzene rings is 3. The van der Waals surface area contributed by atoms with E-state index in [0.717, 1.165) is 5.56 Å². The van der Waals surface area contributed by atoms with E-state index in [-0.39, 0.29) is 17.2 Å². The summed E-state index contributed by atoms with van der Waals surface area (Å²) in [7, 11) is -4.00. The number of ketones is 1. The van der Waals surface area contributed by atoms with Crippen molar-refractivity contribution in [1.82, 2.24) is 10.0 Å². The topological polar surface area (TPSA) is 105 Å². The number of aliphatic hydroxyl groups excluding tert-OH is 1. The van der Waals surface area contributed by atoms with Crippen molar-refractivity contribution >= 4 is 27.4 Å². The highest BCUT2D eigenvalue weighted by Gasteiger charge is 2.44. The maximum absolute atomic E-state index is 13.1. The molecule has 184 valence electrons. The van der Waals surface area contributed by atoms with Gasteiger partial charge in [-0.2, -0.15) is 0 Å². The molecule has 35 heavy (non-hydrogen) atoms. The van der Waals surface area contributed by atoms with Gasteiger partial charge in [-0.05, 0) is 61.9 Å². The molecule has 3 aromatic carbocycles. The summed E-state index contributed by atoms with van der Waals surface area (Å²) in [5.74, 6) is 0.236. The number of halogens is 1. The number of ether oxygens (including phenoxy) is 1. The SMILES string of the molecule is CC1(C)Oc2ccc(C(=O)CNCc3ccccc3)cc2C(NS(=O)(=O)c2ccc(Cl)cc2)C1O. The molecule has 0 radical (unpaired) electrons. The lowest BCUT2D eigenvalue weighted by molar-refractivity contribution is -0.0603. The number of Topliss-reactive ketones (excluding diaryl/α,β-unsaturated/α-hetero) is 1. The van der Waals surface area contributed by atoms with E-state index in [9.17, 15) is 18.3 Å². The second kappa shape index (κ2) is 10.1. The van der Waals surface area contributed by atoms with Crippen molar-refractivity contribution < 1.29 is 23.1 Å². The number of fused-ring (bicyclic) bond motifs is 1. The Labute approximate surface area is 210 Å². The number of carbonyl (C=O) groups excluding carboxylic acids is 1. The van der Waals surface area contributed by atoms with Gasteiger partial charge in [0, 0.05) is 22.7 Å². The predicted molar refractivity (Wildman–Crippen MR) is 134 cm³/mol. The molecule has 4 rings (SSSR count). The average Bonchev–Trinajstić information content (AvgIpc) is 2.82. The predicted octanol–water partition coefficient (Wildman–Crippen LogP) is 3.86. The normalized spacial score (nSPS) is 19.0. The molecule has 7 nitrogen and oxygen atoms in total. The molecule has 0 amide bonds. The molecule has 0 saturated heterocycles. The first-order valence-corrected chi connectivity index (χ1v) is 13.0. The number of carbonyl (C=O) groups is 1. The minimum absolute atomic E-state index is 0.0114. The molecule has 2 unspecified atom stereocenters. The molecule has 1 aliphatic heterocycles. The van der Waals surface area contributed by atoms with Crippen LogP contribution in [-0.2, 0) is 16.6 Å². The van der Waals surface area contributed by atoms with Gasteiger partial charge in [0.2, 0.25) is 10.0 Å².